The van der Waals surface area contributed by atoms with E-state index in [9.17, 15) is 4.79 Å². The monoisotopic (exact) mass is 433 g/mol. The molecule has 0 saturated carbocycles. The van der Waals surface area contributed by atoms with Crippen LogP contribution in [0.1, 0.15) is 27.0 Å². The van der Waals surface area contributed by atoms with Crippen molar-refractivity contribution in [3.63, 3.8) is 0 Å². The first kappa shape index (κ1) is 21.4. The molecule has 1 aliphatic heterocycles. The molecular weight excluding hydrogens is 406 g/mol. The smallest absolute Gasteiger partial charge is 0.251 e. The fourth-order valence-corrected chi connectivity index (χ4v) is 4.29. The Morgan fingerprint density at radius 3 is 2.42 bits per heavy atom. The molecule has 160 valence electrons. The Morgan fingerprint density at radius 2 is 1.65 bits per heavy atom. The lowest BCUT2D eigenvalue weighted by Gasteiger charge is -2.36. The predicted molar refractivity (Wildman–Crippen MR) is 128 cm³/mol. The number of piperazine rings is 1. The van der Waals surface area contributed by atoms with Gasteiger partial charge in [0.2, 0.25) is 0 Å². The molecule has 3 aromatic rings. The maximum atomic E-state index is 12.6. The van der Waals surface area contributed by atoms with Crippen LogP contribution in [0.2, 0.25) is 5.02 Å². The predicted octanol–water partition coefficient (Wildman–Crippen LogP) is 4.90. The van der Waals surface area contributed by atoms with Crippen LogP contribution in [0.5, 0.6) is 0 Å². The summed E-state index contributed by atoms with van der Waals surface area (Å²) in [5.41, 5.74) is 5.29. The number of carbonyl (C=O) groups excluding carboxylic acids is 1. The lowest BCUT2D eigenvalue weighted by atomic mass is 10.1. The quantitative estimate of drug-likeness (QED) is 0.600. The summed E-state index contributed by atoms with van der Waals surface area (Å²) in [6, 6.07) is 24.2. The number of hydrogen-bond donors (Lipinski definition) is 1. The number of aryl methyl sites for hydroxylation is 1. The second kappa shape index (κ2) is 9.99. The molecule has 1 saturated heterocycles. The molecular formula is C26H28ClN3O. The van der Waals surface area contributed by atoms with Gasteiger partial charge in [-0.3, -0.25) is 9.69 Å². The van der Waals surface area contributed by atoms with E-state index in [4.69, 9.17) is 11.6 Å². The maximum Gasteiger partial charge on any atom is 0.251 e. The molecule has 31 heavy (non-hydrogen) atoms. The van der Waals surface area contributed by atoms with E-state index in [-0.39, 0.29) is 5.91 Å². The number of hydrogen-bond acceptors (Lipinski definition) is 3. The first-order valence-corrected chi connectivity index (χ1v) is 11.1. The molecule has 0 spiro atoms. The fourth-order valence-electron chi connectivity index (χ4n) is 4.03. The van der Waals surface area contributed by atoms with Gasteiger partial charge in [0, 0.05) is 44.8 Å². The molecule has 0 radical (unpaired) electrons. The number of nitrogens with one attached hydrogen (secondary N) is 1. The van der Waals surface area contributed by atoms with Gasteiger partial charge < -0.3 is 10.2 Å². The van der Waals surface area contributed by atoms with Crippen LogP contribution in [-0.4, -0.2) is 37.0 Å². The minimum atomic E-state index is -0.0353. The summed E-state index contributed by atoms with van der Waals surface area (Å²) >= 11 is 6.35. The van der Waals surface area contributed by atoms with E-state index in [1.165, 1.54) is 5.56 Å². The topological polar surface area (TPSA) is 35.6 Å². The molecule has 4 nitrogen and oxygen atoms in total. The highest BCUT2D eigenvalue weighted by atomic mass is 35.5. The Kier molecular flexibility index (Phi) is 6.90. The van der Waals surface area contributed by atoms with Crippen LogP contribution in [-0.2, 0) is 13.1 Å². The molecule has 0 unspecified atom stereocenters. The van der Waals surface area contributed by atoms with E-state index < -0.39 is 0 Å². The third kappa shape index (κ3) is 5.66. The summed E-state index contributed by atoms with van der Waals surface area (Å²) in [4.78, 5) is 17.4. The Balaban J connectivity index is 1.31. The van der Waals surface area contributed by atoms with Crippen molar-refractivity contribution in [3.8, 4) is 0 Å². The molecule has 1 heterocycles. The highest BCUT2D eigenvalue weighted by Crippen LogP contribution is 2.26. The van der Waals surface area contributed by atoms with E-state index in [2.05, 4.69) is 46.3 Å². The summed E-state index contributed by atoms with van der Waals surface area (Å²) in [6.45, 7) is 7.26. The van der Waals surface area contributed by atoms with Gasteiger partial charge in [-0.05, 0) is 42.3 Å². The summed E-state index contributed by atoms with van der Waals surface area (Å²) < 4.78 is 0. The molecule has 1 N–H and O–H groups in total. The van der Waals surface area contributed by atoms with Gasteiger partial charge in [0.1, 0.15) is 0 Å². The zero-order chi connectivity index (χ0) is 21.6. The van der Waals surface area contributed by atoms with Crippen molar-refractivity contribution in [3.05, 3.63) is 100 Å². The number of anilines is 1. The number of amides is 1. The van der Waals surface area contributed by atoms with E-state index >= 15 is 0 Å². The number of para-hydroxylation sites is 1. The van der Waals surface area contributed by atoms with E-state index in [1.54, 1.807) is 0 Å². The summed E-state index contributed by atoms with van der Waals surface area (Å²) in [5.74, 6) is -0.0353. The number of nitrogens with zero attached hydrogens (tertiary/aromatic N) is 2. The van der Waals surface area contributed by atoms with Gasteiger partial charge in [0.25, 0.3) is 5.91 Å². The van der Waals surface area contributed by atoms with Crippen molar-refractivity contribution >= 4 is 23.2 Å². The highest BCUT2D eigenvalue weighted by molar-refractivity contribution is 6.33. The number of rotatable bonds is 6. The lowest BCUT2D eigenvalue weighted by Crippen LogP contribution is -2.46. The van der Waals surface area contributed by atoms with Crippen molar-refractivity contribution in [2.45, 2.75) is 20.0 Å². The van der Waals surface area contributed by atoms with Crippen LogP contribution < -0.4 is 10.2 Å². The van der Waals surface area contributed by atoms with Crippen LogP contribution in [0, 0.1) is 6.92 Å². The molecule has 1 fully saturated rings. The fraction of sp³-hybridized carbons (Fsp3) is 0.269. The first-order chi connectivity index (χ1) is 15.1. The Hall–Kier alpha value is -2.82. The van der Waals surface area contributed by atoms with E-state index in [0.29, 0.717) is 12.1 Å². The standard InChI is InChI=1S/C26H28ClN3O/c1-20-6-4-7-21(16-20)18-28-26(31)23-9-5-8-22(17-23)19-29-12-14-30(15-13-29)25-11-3-2-10-24(25)27/h2-11,16-17H,12-15,18-19H2,1H3,(H,28,31). The van der Waals surface area contributed by atoms with Crippen LogP contribution in [0.4, 0.5) is 5.69 Å². The normalized spacial score (nSPS) is 14.5. The second-order valence-corrected chi connectivity index (χ2v) is 8.49. The van der Waals surface area contributed by atoms with Crippen molar-refractivity contribution in [1.82, 2.24) is 10.2 Å². The Morgan fingerprint density at radius 1 is 0.903 bits per heavy atom. The summed E-state index contributed by atoms with van der Waals surface area (Å²) in [7, 11) is 0. The van der Waals surface area contributed by atoms with Crippen LogP contribution >= 0.6 is 11.6 Å². The van der Waals surface area contributed by atoms with Gasteiger partial charge in [-0.15, -0.1) is 0 Å². The molecule has 1 amide bonds. The minimum Gasteiger partial charge on any atom is -0.368 e. The van der Waals surface area contributed by atoms with Crippen molar-refractivity contribution < 1.29 is 4.79 Å². The van der Waals surface area contributed by atoms with Gasteiger partial charge >= 0.3 is 0 Å². The molecule has 5 heteroatoms. The molecule has 0 aromatic heterocycles. The molecule has 0 atom stereocenters. The Labute approximate surface area is 189 Å². The second-order valence-electron chi connectivity index (χ2n) is 8.09. The van der Waals surface area contributed by atoms with Gasteiger partial charge in [-0.2, -0.15) is 0 Å². The zero-order valence-electron chi connectivity index (χ0n) is 17.9. The van der Waals surface area contributed by atoms with Crippen LogP contribution in [0.15, 0.2) is 72.8 Å². The molecule has 0 bridgehead atoms. The SMILES string of the molecule is Cc1cccc(CNC(=O)c2cccc(CN3CCN(c4ccccc4Cl)CC3)c2)c1. The molecule has 4 rings (SSSR count). The molecule has 1 aliphatic rings. The third-order valence-corrected chi connectivity index (χ3v) is 6.02. The number of carbonyl (C=O) groups is 1. The van der Waals surface area contributed by atoms with E-state index in [0.717, 1.165) is 54.6 Å². The van der Waals surface area contributed by atoms with Gasteiger partial charge in [-0.1, -0.05) is 65.7 Å². The summed E-state index contributed by atoms with van der Waals surface area (Å²) in [6.07, 6.45) is 0. The average Bonchev–Trinajstić information content (AvgIpc) is 2.79. The summed E-state index contributed by atoms with van der Waals surface area (Å²) in [5, 5.41) is 3.84. The van der Waals surface area contributed by atoms with Crippen LogP contribution in [0.25, 0.3) is 0 Å². The van der Waals surface area contributed by atoms with Crippen molar-refractivity contribution in [1.29, 1.82) is 0 Å². The van der Waals surface area contributed by atoms with Gasteiger partial charge in [0.15, 0.2) is 0 Å². The zero-order valence-corrected chi connectivity index (χ0v) is 18.6. The van der Waals surface area contributed by atoms with Gasteiger partial charge in [0.05, 0.1) is 10.7 Å². The van der Waals surface area contributed by atoms with Gasteiger partial charge in [-0.25, -0.2) is 0 Å². The first-order valence-electron chi connectivity index (χ1n) is 10.7. The van der Waals surface area contributed by atoms with Crippen LogP contribution in [0.3, 0.4) is 0 Å². The highest BCUT2D eigenvalue weighted by Gasteiger charge is 2.19. The molecule has 0 aliphatic carbocycles. The lowest BCUT2D eigenvalue weighted by molar-refractivity contribution is 0.0950. The minimum absolute atomic E-state index is 0.0353. The largest absolute Gasteiger partial charge is 0.368 e. The number of halogens is 1. The maximum absolute atomic E-state index is 12.6. The number of benzene rings is 3. The third-order valence-electron chi connectivity index (χ3n) is 5.70. The molecule has 3 aromatic carbocycles. The van der Waals surface area contributed by atoms with Crippen molar-refractivity contribution in [2.75, 3.05) is 31.1 Å². The average molecular weight is 434 g/mol. The van der Waals surface area contributed by atoms with E-state index in [1.807, 2.05) is 48.5 Å². The Bertz CT molecular complexity index is 1040. The van der Waals surface area contributed by atoms with Crippen molar-refractivity contribution in [2.24, 2.45) is 0 Å².